The number of nitrogens with one attached hydrogen (secondary N) is 1. The molecule has 1 fully saturated rings. The van der Waals surface area contributed by atoms with Gasteiger partial charge < -0.3 is 21.4 Å². The summed E-state index contributed by atoms with van der Waals surface area (Å²) in [5.41, 5.74) is 5.12. The highest BCUT2D eigenvalue weighted by Crippen LogP contribution is 2.28. The molecule has 5 N–H and O–H groups in total. The maximum Gasteiger partial charge on any atom is 0.153 e. The molecule has 5 nitrogen and oxygen atoms in total. The Morgan fingerprint density at radius 1 is 1.46 bits per heavy atom. The van der Waals surface area contributed by atoms with Gasteiger partial charge in [-0.1, -0.05) is 18.0 Å². The topological polar surface area (TPSA) is 90.9 Å². The summed E-state index contributed by atoms with van der Waals surface area (Å²) in [6.07, 6.45) is 4.18. The van der Waals surface area contributed by atoms with Gasteiger partial charge in [-0.2, -0.15) is 0 Å². The Kier molecular flexibility index (Phi) is 3.50. The normalized spacial score (nSPS) is 22.1. The van der Waals surface area contributed by atoms with E-state index >= 15 is 0 Å². The zero-order valence-electron chi connectivity index (χ0n) is 7.66. The van der Waals surface area contributed by atoms with E-state index in [1.54, 1.807) is 0 Å². The van der Waals surface area contributed by atoms with Gasteiger partial charge in [-0.25, -0.2) is 0 Å². The lowest BCUT2D eigenvalue weighted by Crippen LogP contribution is -2.49. The van der Waals surface area contributed by atoms with Crippen LogP contribution in [-0.4, -0.2) is 34.8 Å². The molecule has 0 aromatic rings. The van der Waals surface area contributed by atoms with Gasteiger partial charge in [0.25, 0.3) is 0 Å². The lowest BCUT2D eigenvalue weighted by Gasteiger charge is -2.27. The molecule has 0 aromatic carbocycles. The zero-order chi connectivity index (χ0) is 9.73. The maximum atomic E-state index is 9.20. The number of nitrogens with zero attached hydrogens (tertiary/aromatic N) is 1. The van der Waals surface area contributed by atoms with Crippen LogP contribution in [0, 0.1) is 0 Å². The highest BCUT2D eigenvalue weighted by Gasteiger charge is 2.32. The Balaban J connectivity index is 2.40. The lowest BCUT2D eigenvalue weighted by molar-refractivity contribution is 0.169. The molecule has 0 aromatic heterocycles. The van der Waals surface area contributed by atoms with Gasteiger partial charge in [0.1, 0.15) is 0 Å². The molecule has 0 aliphatic heterocycles. The Morgan fingerprint density at radius 2 is 2.08 bits per heavy atom. The fourth-order valence-corrected chi connectivity index (χ4v) is 1.76. The molecule has 0 radical (unpaired) electrons. The molecule has 1 aliphatic carbocycles. The second-order valence-electron chi connectivity index (χ2n) is 3.59. The lowest BCUT2D eigenvalue weighted by atomic mass is 9.99. The predicted molar refractivity (Wildman–Crippen MR) is 49.7 cm³/mol. The summed E-state index contributed by atoms with van der Waals surface area (Å²) in [7, 11) is 0. The van der Waals surface area contributed by atoms with E-state index in [1.807, 2.05) is 0 Å². The van der Waals surface area contributed by atoms with Crippen LogP contribution in [0.5, 0.6) is 0 Å². The number of aliphatic hydroxyl groups is 1. The van der Waals surface area contributed by atoms with E-state index in [4.69, 9.17) is 10.9 Å². The smallest absolute Gasteiger partial charge is 0.153 e. The largest absolute Gasteiger partial charge is 0.409 e. The summed E-state index contributed by atoms with van der Waals surface area (Å²) in [5.74, 6) is 0.153. The van der Waals surface area contributed by atoms with E-state index < -0.39 is 0 Å². The summed E-state index contributed by atoms with van der Waals surface area (Å²) in [6, 6.07) is 0. The average Bonchev–Trinajstić information content (AvgIpc) is 2.63. The first kappa shape index (κ1) is 10.3. The summed E-state index contributed by atoms with van der Waals surface area (Å²) in [5, 5.41) is 23.5. The zero-order valence-corrected chi connectivity index (χ0v) is 7.66. The fourth-order valence-electron chi connectivity index (χ4n) is 1.76. The number of hydrogen-bond donors (Lipinski definition) is 4. The molecule has 5 heteroatoms. The van der Waals surface area contributed by atoms with Crippen LogP contribution in [0.15, 0.2) is 5.16 Å². The molecule has 0 atom stereocenters. The Labute approximate surface area is 77.6 Å². The van der Waals surface area contributed by atoms with Gasteiger partial charge in [-0.05, 0) is 12.8 Å². The summed E-state index contributed by atoms with van der Waals surface area (Å²) >= 11 is 0. The number of oxime groups is 1. The third-order valence-corrected chi connectivity index (χ3v) is 2.64. The quantitative estimate of drug-likeness (QED) is 0.209. The Bertz CT molecular complexity index is 188. The van der Waals surface area contributed by atoms with Crippen LogP contribution in [0.4, 0.5) is 0 Å². The van der Waals surface area contributed by atoms with Crippen molar-refractivity contribution in [3.05, 3.63) is 0 Å². The van der Waals surface area contributed by atoms with Gasteiger partial charge in [0, 0.05) is 5.54 Å². The number of hydrogen-bond acceptors (Lipinski definition) is 4. The molecule has 1 saturated carbocycles. The van der Waals surface area contributed by atoms with Crippen LogP contribution < -0.4 is 11.1 Å². The van der Waals surface area contributed by atoms with E-state index in [-0.39, 0.29) is 18.0 Å². The molecule has 0 saturated heterocycles. The molecule has 1 rings (SSSR count). The molecule has 0 bridgehead atoms. The minimum Gasteiger partial charge on any atom is -0.409 e. The van der Waals surface area contributed by atoms with Crippen LogP contribution in [0.3, 0.4) is 0 Å². The molecule has 0 heterocycles. The van der Waals surface area contributed by atoms with Crippen LogP contribution in [0.1, 0.15) is 25.7 Å². The Morgan fingerprint density at radius 3 is 2.54 bits per heavy atom. The SMILES string of the molecule is NC(CNC1(CO)CCCC1)=NO. The van der Waals surface area contributed by atoms with Crippen molar-refractivity contribution < 1.29 is 10.3 Å². The van der Waals surface area contributed by atoms with Crippen LogP contribution in [-0.2, 0) is 0 Å². The first-order valence-electron chi connectivity index (χ1n) is 4.55. The Hall–Kier alpha value is -0.810. The molecular weight excluding hydrogens is 170 g/mol. The van der Waals surface area contributed by atoms with Crippen molar-refractivity contribution in [3.8, 4) is 0 Å². The van der Waals surface area contributed by atoms with Crippen molar-refractivity contribution in [1.29, 1.82) is 0 Å². The highest BCUT2D eigenvalue weighted by molar-refractivity contribution is 5.81. The molecule has 0 unspecified atom stereocenters. The van der Waals surface area contributed by atoms with Crippen molar-refractivity contribution in [2.45, 2.75) is 31.2 Å². The van der Waals surface area contributed by atoms with Crippen LogP contribution in [0.25, 0.3) is 0 Å². The second kappa shape index (κ2) is 4.43. The number of amidine groups is 1. The molecule has 1 aliphatic rings. The van der Waals surface area contributed by atoms with Gasteiger partial charge in [-0.15, -0.1) is 0 Å². The van der Waals surface area contributed by atoms with E-state index in [1.165, 1.54) is 0 Å². The van der Waals surface area contributed by atoms with Crippen molar-refractivity contribution in [3.63, 3.8) is 0 Å². The van der Waals surface area contributed by atoms with E-state index in [9.17, 15) is 5.11 Å². The third kappa shape index (κ3) is 2.57. The minimum absolute atomic E-state index is 0.117. The fraction of sp³-hybridized carbons (Fsp3) is 0.875. The monoisotopic (exact) mass is 187 g/mol. The standard InChI is InChI=1S/C8H17N3O2/c9-7(11-13)5-10-8(6-12)3-1-2-4-8/h10,12-13H,1-6H2,(H2,9,11). The van der Waals surface area contributed by atoms with Gasteiger partial charge in [0.15, 0.2) is 5.84 Å². The van der Waals surface area contributed by atoms with Gasteiger partial charge >= 0.3 is 0 Å². The van der Waals surface area contributed by atoms with Crippen molar-refractivity contribution >= 4 is 5.84 Å². The number of rotatable bonds is 4. The van der Waals surface area contributed by atoms with Crippen LogP contribution >= 0.6 is 0 Å². The molecule has 0 spiro atoms. The highest BCUT2D eigenvalue weighted by atomic mass is 16.4. The minimum atomic E-state index is -0.199. The molecule has 0 amide bonds. The van der Waals surface area contributed by atoms with Gasteiger partial charge in [0.2, 0.25) is 0 Å². The van der Waals surface area contributed by atoms with Gasteiger partial charge in [-0.3, -0.25) is 0 Å². The second-order valence-corrected chi connectivity index (χ2v) is 3.59. The van der Waals surface area contributed by atoms with Crippen LogP contribution in [0.2, 0.25) is 0 Å². The molecular formula is C8H17N3O2. The first-order valence-corrected chi connectivity index (χ1v) is 4.55. The predicted octanol–water partition coefficient (Wildman–Crippen LogP) is -0.372. The molecule has 13 heavy (non-hydrogen) atoms. The first-order chi connectivity index (χ1) is 6.22. The maximum absolute atomic E-state index is 9.20. The summed E-state index contributed by atoms with van der Waals surface area (Å²) in [4.78, 5) is 0. The van der Waals surface area contributed by atoms with Gasteiger partial charge in [0.05, 0.1) is 13.2 Å². The number of aliphatic hydroxyl groups excluding tert-OH is 1. The van der Waals surface area contributed by atoms with Crippen molar-refractivity contribution in [2.75, 3.05) is 13.2 Å². The van der Waals surface area contributed by atoms with Crippen molar-refractivity contribution in [1.82, 2.24) is 5.32 Å². The van der Waals surface area contributed by atoms with E-state index in [0.29, 0.717) is 6.54 Å². The summed E-state index contributed by atoms with van der Waals surface area (Å²) < 4.78 is 0. The van der Waals surface area contributed by atoms with E-state index in [0.717, 1.165) is 25.7 Å². The third-order valence-electron chi connectivity index (χ3n) is 2.64. The van der Waals surface area contributed by atoms with E-state index in [2.05, 4.69) is 10.5 Å². The summed E-state index contributed by atoms with van der Waals surface area (Å²) in [6.45, 7) is 0.447. The molecule has 76 valence electrons. The number of nitrogens with two attached hydrogens (primary N) is 1. The van der Waals surface area contributed by atoms with Crippen molar-refractivity contribution in [2.24, 2.45) is 10.9 Å². The average molecular weight is 187 g/mol.